The lowest BCUT2D eigenvalue weighted by molar-refractivity contribution is -0.0965. The van der Waals surface area contributed by atoms with Gasteiger partial charge in [-0.15, -0.1) is 0 Å². The molecule has 0 saturated heterocycles. The normalized spacial score (nSPS) is 37.4. The Hall–Kier alpha value is 0.137. The van der Waals surface area contributed by atoms with Gasteiger partial charge in [-0.3, -0.25) is 0 Å². The standard InChI is InChI=1S/C8H18O2Si/c1-7-6-8(7,9-2)10-11(3,4)5/h7H,6H2,1-5H3/t7-,8?/m1/s1. The van der Waals surface area contributed by atoms with E-state index in [2.05, 4.69) is 26.6 Å². The lowest BCUT2D eigenvalue weighted by Crippen LogP contribution is -2.35. The molecule has 1 saturated carbocycles. The second-order valence-electron chi connectivity index (χ2n) is 4.34. The van der Waals surface area contributed by atoms with E-state index in [0.29, 0.717) is 5.92 Å². The van der Waals surface area contributed by atoms with Crippen molar-refractivity contribution >= 4 is 8.32 Å². The largest absolute Gasteiger partial charge is 0.391 e. The van der Waals surface area contributed by atoms with E-state index in [1.165, 1.54) is 0 Å². The second-order valence-corrected chi connectivity index (χ2v) is 8.76. The van der Waals surface area contributed by atoms with Gasteiger partial charge in [-0.05, 0) is 19.6 Å². The zero-order valence-corrected chi connectivity index (χ0v) is 9.10. The summed E-state index contributed by atoms with van der Waals surface area (Å²) in [6.45, 7) is 8.75. The molecule has 0 aromatic rings. The molecule has 0 amide bonds. The van der Waals surface area contributed by atoms with Crippen molar-refractivity contribution in [3.63, 3.8) is 0 Å². The van der Waals surface area contributed by atoms with E-state index in [0.717, 1.165) is 6.42 Å². The van der Waals surface area contributed by atoms with Crippen LogP contribution in [0.25, 0.3) is 0 Å². The topological polar surface area (TPSA) is 18.5 Å². The van der Waals surface area contributed by atoms with Gasteiger partial charge in [0.25, 0.3) is 0 Å². The van der Waals surface area contributed by atoms with E-state index < -0.39 is 8.32 Å². The van der Waals surface area contributed by atoms with Gasteiger partial charge in [-0.2, -0.15) is 0 Å². The van der Waals surface area contributed by atoms with Crippen molar-refractivity contribution in [1.29, 1.82) is 0 Å². The molecule has 0 aromatic carbocycles. The molecule has 1 aliphatic carbocycles. The van der Waals surface area contributed by atoms with Crippen molar-refractivity contribution in [3.05, 3.63) is 0 Å². The molecule has 11 heavy (non-hydrogen) atoms. The monoisotopic (exact) mass is 174 g/mol. The molecule has 0 spiro atoms. The fourth-order valence-corrected chi connectivity index (χ4v) is 2.76. The molecule has 3 heteroatoms. The summed E-state index contributed by atoms with van der Waals surface area (Å²) in [4.78, 5) is 0. The molecule has 2 atom stereocenters. The Kier molecular flexibility index (Phi) is 2.16. The highest BCUT2D eigenvalue weighted by Gasteiger charge is 2.55. The zero-order valence-electron chi connectivity index (χ0n) is 8.10. The van der Waals surface area contributed by atoms with Crippen LogP contribution in [0.15, 0.2) is 0 Å². The SMILES string of the molecule is COC1(O[Si](C)(C)C)C[C@H]1C. The summed E-state index contributed by atoms with van der Waals surface area (Å²) in [5, 5.41) is 0. The molecule has 66 valence electrons. The summed E-state index contributed by atoms with van der Waals surface area (Å²) in [5.74, 6) is 0.379. The molecular weight excluding hydrogens is 156 g/mol. The summed E-state index contributed by atoms with van der Waals surface area (Å²) >= 11 is 0. The quantitative estimate of drug-likeness (QED) is 0.482. The van der Waals surface area contributed by atoms with Crippen LogP contribution >= 0.6 is 0 Å². The Morgan fingerprint density at radius 1 is 1.36 bits per heavy atom. The van der Waals surface area contributed by atoms with Crippen molar-refractivity contribution in [1.82, 2.24) is 0 Å². The Balaban J connectivity index is 2.48. The molecule has 1 aliphatic rings. The maximum Gasteiger partial charge on any atom is 0.187 e. The van der Waals surface area contributed by atoms with Crippen LogP contribution in [0.4, 0.5) is 0 Å². The van der Waals surface area contributed by atoms with Crippen LogP contribution in [-0.4, -0.2) is 21.2 Å². The summed E-state index contributed by atoms with van der Waals surface area (Å²) in [7, 11) is 0.322. The van der Waals surface area contributed by atoms with E-state index >= 15 is 0 Å². The minimum absolute atomic E-state index is 0.204. The van der Waals surface area contributed by atoms with E-state index in [-0.39, 0.29) is 5.79 Å². The first-order chi connectivity index (χ1) is 4.90. The molecule has 0 heterocycles. The third-order valence-electron chi connectivity index (χ3n) is 2.01. The van der Waals surface area contributed by atoms with Crippen LogP contribution in [0.1, 0.15) is 13.3 Å². The number of ether oxygens (including phenoxy) is 1. The number of rotatable bonds is 3. The van der Waals surface area contributed by atoms with Crippen LogP contribution < -0.4 is 0 Å². The Morgan fingerprint density at radius 2 is 1.82 bits per heavy atom. The number of methoxy groups -OCH3 is 1. The van der Waals surface area contributed by atoms with Gasteiger partial charge in [-0.25, -0.2) is 0 Å². The maximum atomic E-state index is 5.91. The van der Waals surface area contributed by atoms with Crippen molar-refractivity contribution in [3.8, 4) is 0 Å². The van der Waals surface area contributed by atoms with Gasteiger partial charge in [0.15, 0.2) is 14.1 Å². The van der Waals surface area contributed by atoms with Crippen molar-refractivity contribution < 1.29 is 9.16 Å². The lowest BCUT2D eigenvalue weighted by Gasteiger charge is -2.25. The second kappa shape index (κ2) is 2.57. The zero-order chi connectivity index (χ0) is 8.70. The third kappa shape index (κ3) is 2.04. The fourth-order valence-electron chi connectivity index (χ4n) is 1.35. The van der Waals surface area contributed by atoms with Crippen LogP contribution in [0.5, 0.6) is 0 Å². The molecule has 0 N–H and O–H groups in total. The Labute approximate surface area is 70.0 Å². The van der Waals surface area contributed by atoms with E-state index in [1.54, 1.807) is 7.11 Å². The first-order valence-corrected chi connectivity index (χ1v) is 7.56. The molecule has 0 aromatic heterocycles. The van der Waals surface area contributed by atoms with Crippen molar-refractivity contribution in [2.24, 2.45) is 5.92 Å². The summed E-state index contributed by atoms with van der Waals surface area (Å²) in [6.07, 6.45) is 1.06. The Morgan fingerprint density at radius 3 is 1.91 bits per heavy atom. The first-order valence-electron chi connectivity index (χ1n) is 4.15. The van der Waals surface area contributed by atoms with Crippen LogP contribution in [0.2, 0.25) is 19.6 Å². The van der Waals surface area contributed by atoms with E-state index in [9.17, 15) is 0 Å². The molecule has 0 bridgehead atoms. The minimum atomic E-state index is -1.42. The summed E-state index contributed by atoms with van der Waals surface area (Å²) < 4.78 is 11.3. The molecule has 0 radical (unpaired) electrons. The minimum Gasteiger partial charge on any atom is -0.391 e. The highest BCUT2D eigenvalue weighted by Crippen LogP contribution is 2.48. The molecular formula is C8H18O2Si. The highest BCUT2D eigenvalue weighted by atomic mass is 28.4. The molecule has 2 nitrogen and oxygen atoms in total. The molecule has 1 unspecified atom stereocenters. The van der Waals surface area contributed by atoms with Gasteiger partial charge >= 0.3 is 0 Å². The smallest absolute Gasteiger partial charge is 0.187 e. The van der Waals surface area contributed by atoms with Crippen LogP contribution in [0, 0.1) is 5.92 Å². The molecule has 1 rings (SSSR count). The molecule has 0 aliphatic heterocycles. The number of hydrogen-bond acceptors (Lipinski definition) is 2. The summed E-state index contributed by atoms with van der Waals surface area (Å²) in [5.41, 5.74) is 0. The van der Waals surface area contributed by atoms with Gasteiger partial charge in [0.05, 0.1) is 0 Å². The van der Waals surface area contributed by atoms with Gasteiger partial charge < -0.3 is 9.16 Å². The summed E-state index contributed by atoms with van der Waals surface area (Å²) in [6, 6.07) is 0. The predicted molar refractivity (Wildman–Crippen MR) is 48.0 cm³/mol. The van der Waals surface area contributed by atoms with Crippen molar-refractivity contribution in [2.45, 2.75) is 38.8 Å². The average molecular weight is 174 g/mol. The lowest BCUT2D eigenvalue weighted by atomic mass is 10.5. The Bertz CT molecular complexity index is 149. The number of hydrogen-bond donors (Lipinski definition) is 0. The van der Waals surface area contributed by atoms with Crippen LogP contribution in [0.3, 0.4) is 0 Å². The first kappa shape index (κ1) is 9.23. The van der Waals surface area contributed by atoms with E-state index in [4.69, 9.17) is 9.16 Å². The van der Waals surface area contributed by atoms with Crippen LogP contribution in [-0.2, 0) is 9.16 Å². The van der Waals surface area contributed by atoms with Gasteiger partial charge in [0, 0.05) is 19.4 Å². The van der Waals surface area contributed by atoms with Crippen molar-refractivity contribution in [2.75, 3.05) is 7.11 Å². The third-order valence-corrected chi connectivity index (χ3v) is 2.96. The fraction of sp³-hybridized carbons (Fsp3) is 1.00. The van der Waals surface area contributed by atoms with E-state index in [1.807, 2.05) is 0 Å². The van der Waals surface area contributed by atoms with Gasteiger partial charge in [0.1, 0.15) is 0 Å². The highest BCUT2D eigenvalue weighted by molar-refractivity contribution is 6.69. The molecule has 1 fully saturated rings. The van der Waals surface area contributed by atoms with Gasteiger partial charge in [0.2, 0.25) is 0 Å². The average Bonchev–Trinajstić information content (AvgIpc) is 2.39. The predicted octanol–water partition coefficient (Wildman–Crippen LogP) is 2.22. The maximum absolute atomic E-state index is 5.91. The van der Waals surface area contributed by atoms with Gasteiger partial charge in [-0.1, -0.05) is 6.92 Å².